The molecular formula is C16H24BN3O6. The summed E-state index contributed by atoms with van der Waals surface area (Å²) in [6, 6.07) is -0.927. The van der Waals surface area contributed by atoms with Crippen molar-refractivity contribution in [2.75, 3.05) is 14.2 Å². The summed E-state index contributed by atoms with van der Waals surface area (Å²) < 4.78 is 27.2. The Kier molecular flexibility index (Phi) is 4.46. The van der Waals surface area contributed by atoms with E-state index in [9.17, 15) is 9.59 Å². The van der Waals surface area contributed by atoms with Crippen molar-refractivity contribution < 1.29 is 18.8 Å². The van der Waals surface area contributed by atoms with Crippen molar-refractivity contribution in [3.05, 3.63) is 32.6 Å². The van der Waals surface area contributed by atoms with E-state index in [2.05, 4.69) is 6.92 Å². The van der Waals surface area contributed by atoms with E-state index in [0.717, 1.165) is 29.3 Å². The second kappa shape index (κ2) is 6.52. The molecule has 26 heavy (non-hydrogen) atoms. The molecule has 4 heterocycles. The first-order valence-corrected chi connectivity index (χ1v) is 9.01. The molecule has 4 atom stereocenters. The number of methoxy groups -OCH3 is 2. The summed E-state index contributed by atoms with van der Waals surface area (Å²) in [6.07, 6.45) is 3.48. The molecule has 1 fully saturated rings. The summed E-state index contributed by atoms with van der Waals surface area (Å²) in [4.78, 5) is 25.3. The fraction of sp³-hybridized carbons (Fsp3) is 0.750. The van der Waals surface area contributed by atoms with E-state index >= 15 is 0 Å². The highest BCUT2D eigenvalue weighted by Crippen LogP contribution is 2.47. The first kappa shape index (κ1) is 17.8. The molecule has 1 aliphatic carbocycles. The summed E-state index contributed by atoms with van der Waals surface area (Å²) in [6.45, 7) is 2.11. The Morgan fingerprint density at radius 1 is 1.15 bits per heavy atom. The molecule has 0 aromatic carbocycles. The number of aromatic nitrogens is 3. The minimum Gasteiger partial charge on any atom is -0.403 e. The highest BCUT2D eigenvalue weighted by atomic mass is 16.7. The molecule has 0 radical (unpaired) electrons. The molecule has 9 nitrogen and oxygen atoms in total. The van der Waals surface area contributed by atoms with Gasteiger partial charge in [0.15, 0.2) is 6.29 Å². The molecule has 1 saturated heterocycles. The van der Waals surface area contributed by atoms with Gasteiger partial charge in [0.1, 0.15) is 12.1 Å². The Labute approximate surface area is 151 Å². The summed E-state index contributed by atoms with van der Waals surface area (Å²) in [5, 5.41) is 0. The molecule has 3 aliphatic heterocycles. The molecule has 0 N–H and O–H groups in total. The van der Waals surface area contributed by atoms with Crippen molar-refractivity contribution in [3.63, 3.8) is 0 Å². The van der Waals surface area contributed by atoms with Crippen molar-refractivity contribution in [2.24, 2.45) is 7.05 Å². The lowest BCUT2D eigenvalue weighted by atomic mass is 9.83. The quantitative estimate of drug-likeness (QED) is 0.403. The lowest BCUT2D eigenvalue weighted by Gasteiger charge is -2.45. The third kappa shape index (κ3) is 2.32. The van der Waals surface area contributed by atoms with Gasteiger partial charge in [-0.3, -0.25) is 0 Å². The predicted molar refractivity (Wildman–Crippen MR) is 93.1 cm³/mol. The molecule has 4 aliphatic rings. The van der Waals surface area contributed by atoms with E-state index in [-0.39, 0.29) is 30.7 Å². The lowest BCUT2D eigenvalue weighted by molar-refractivity contribution is -0.0950. The van der Waals surface area contributed by atoms with Crippen LogP contribution in [0.3, 0.4) is 0 Å². The summed E-state index contributed by atoms with van der Waals surface area (Å²) in [7, 11) is 4.25. The predicted octanol–water partition coefficient (Wildman–Crippen LogP) is 0.0755. The Balaban J connectivity index is 1.80. The van der Waals surface area contributed by atoms with Gasteiger partial charge in [0.2, 0.25) is 0 Å². The van der Waals surface area contributed by atoms with Gasteiger partial charge in [-0.25, -0.2) is 23.5 Å². The topological polar surface area (TPSA) is 85.8 Å². The van der Waals surface area contributed by atoms with Gasteiger partial charge in [0.25, 0.3) is 0 Å². The fourth-order valence-corrected chi connectivity index (χ4v) is 4.33. The highest BCUT2D eigenvalue weighted by Gasteiger charge is 2.57. The van der Waals surface area contributed by atoms with Crippen LogP contribution < -0.4 is 11.4 Å². The summed E-state index contributed by atoms with van der Waals surface area (Å²) in [5.41, 5.74) is 0.0556. The Bertz CT molecular complexity index is 838. The van der Waals surface area contributed by atoms with E-state index in [1.165, 1.54) is 16.4 Å². The van der Waals surface area contributed by atoms with Crippen LogP contribution in [0.5, 0.6) is 0 Å². The number of unbranched alkanes of at least 4 members (excludes halogenated alkanes) is 1. The van der Waals surface area contributed by atoms with Gasteiger partial charge >= 0.3 is 18.5 Å². The molecule has 4 unspecified atom stereocenters. The zero-order chi connectivity index (χ0) is 18.6. The highest BCUT2D eigenvalue weighted by molar-refractivity contribution is 6.45. The first-order chi connectivity index (χ1) is 12.5. The Hall–Kier alpha value is -1.62. The first-order valence-electron chi connectivity index (χ1n) is 9.01. The van der Waals surface area contributed by atoms with E-state index < -0.39 is 18.4 Å². The maximum absolute atomic E-state index is 12.7. The second-order valence-corrected chi connectivity index (χ2v) is 6.99. The molecule has 0 spiro atoms. The molecule has 2 bridgehead atoms. The minimum absolute atomic E-state index is 0.306. The third-order valence-corrected chi connectivity index (χ3v) is 5.53. The summed E-state index contributed by atoms with van der Waals surface area (Å²) >= 11 is 0. The van der Waals surface area contributed by atoms with Gasteiger partial charge in [-0.05, 0) is 6.32 Å². The SMILES string of the molecule is CCCCB1OC2C(O1)C1C(C(OC)OC)=CC2n2c(=O)n(C)c(=O)n21. The average molecular weight is 365 g/mol. The van der Waals surface area contributed by atoms with Crippen LogP contribution in [-0.4, -0.2) is 53.8 Å². The number of rotatable bonds is 6. The fourth-order valence-electron chi connectivity index (χ4n) is 4.33. The Morgan fingerprint density at radius 2 is 1.81 bits per heavy atom. The summed E-state index contributed by atoms with van der Waals surface area (Å²) in [5.74, 6) is 0. The van der Waals surface area contributed by atoms with Gasteiger partial charge in [-0.2, -0.15) is 0 Å². The maximum Gasteiger partial charge on any atom is 0.457 e. The second-order valence-electron chi connectivity index (χ2n) is 6.99. The van der Waals surface area contributed by atoms with Crippen LogP contribution in [0.1, 0.15) is 31.8 Å². The van der Waals surface area contributed by atoms with Crippen molar-refractivity contribution >= 4 is 7.12 Å². The van der Waals surface area contributed by atoms with Gasteiger partial charge < -0.3 is 18.8 Å². The molecular weight excluding hydrogens is 341 g/mol. The Morgan fingerprint density at radius 3 is 2.46 bits per heavy atom. The van der Waals surface area contributed by atoms with Crippen LogP contribution >= 0.6 is 0 Å². The van der Waals surface area contributed by atoms with Gasteiger partial charge in [0.05, 0.1) is 12.2 Å². The van der Waals surface area contributed by atoms with Crippen LogP contribution in [0.4, 0.5) is 0 Å². The molecule has 0 amide bonds. The van der Waals surface area contributed by atoms with E-state index in [0.29, 0.717) is 0 Å². The van der Waals surface area contributed by atoms with E-state index in [1.807, 2.05) is 6.08 Å². The standard InChI is InChI=1S/C16H24BN3O6/c1-5-6-7-17-25-12-10-8-9(14(23-3)24-4)11(13(12)26-17)20-16(22)18(2)15(21)19(10)20/h8,10-14H,5-7H2,1-4H3. The normalized spacial score (nSPS) is 29.3. The monoisotopic (exact) mass is 365 g/mol. The van der Waals surface area contributed by atoms with Crippen LogP contribution in [-0.2, 0) is 25.8 Å². The number of hydrogen-bond acceptors (Lipinski definition) is 6. The molecule has 142 valence electrons. The number of ether oxygens (including phenoxy) is 2. The molecule has 1 aromatic heterocycles. The number of nitrogens with zero attached hydrogens (tertiary/aromatic N) is 3. The van der Waals surface area contributed by atoms with Crippen molar-refractivity contribution in [1.82, 2.24) is 13.9 Å². The maximum atomic E-state index is 12.7. The van der Waals surface area contributed by atoms with Crippen LogP contribution in [0.25, 0.3) is 0 Å². The van der Waals surface area contributed by atoms with Crippen molar-refractivity contribution in [1.29, 1.82) is 0 Å². The molecule has 0 saturated carbocycles. The lowest BCUT2D eigenvalue weighted by Crippen LogP contribution is -2.56. The zero-order valence-corrected chi connectivity index (χ0v) is 15.5. The molecule has 10 heteroatoms. The third-order valence-electron chi connectivity index (χ3n) is 5.53. The van der Waals surface area contributed by atoms with Crippen LogP contribution in [0, 0.1) is 0 Å². The minimum atomic E-state index is -0.613. The van der Waals surface area contributed by atoms with Crippen LogP contribution in [0.15, 0.2) is 21.2 Å². The van der Waals surface area contributed by atoms with Gasteiger partial charge in [-0.15, -0.1) is 0 Å². The average Bonchev–Trinajstić information content (AvgIpc) is 3.18. The van der Waals surface area contributed by atoms with Gasteiger partial charge in [0, 0.05) is 26.8 Å². The van der Waals surface area contributed by atoms with Crippen LogP contribution in [0.2, 0.25) is 6.32 Å². The smallest absolute Gasteiger partial charge is 0.403 e. The molecule has 1 aromatic rings. The van der Waals surface area contributed by atoms with Crippen molar-refractivity contribution in [3.8, 4) is 0 Å². The van der Waals surface area contributed by atoms with E-state index in [1.54, 1.807) is 14.2 Å². The van der Waals surface area contributed by atoms with Crippen molar-refractivity contribution in [2.45, 2.75) is 56.7 Å². The largest absolute Gasteiger partial charge is 0.457 e. The van der Waals surface area contributed by atoms with Gasteiger partial charge in [-0.1, -0.05) is 25.8 Å². The van der Waals surface area contributed by atoms with E-state index in [4.69, 9.17) is 18.8 Å². The molecule has 5 rings (SSSR count). The number of hydrogen-bond donors (Lipinski definition) is 0. The zero-order valence-electron chi connectivity index (χ0n) is 15.5.